The molecule has 2 N–H and O–H groups in total. The average Bonchev–Trinajstić information content (AvgIpc) is 2.90. The van der Waals surface area contributed by atoms with Crippen LogP contribution in [0.2, 0.25) is 0 Å². The van der Waals surface area contributed by atoms with Gasteiger partial charge in [-0.05, 0) is 24.7 Å². The van der Waals surface area contributed by atoms with Crippen LogP contribution in [0.15, 0.2) is 34.8 Å². The maximum absolute atomic E-state index is 13.9. The van der Waals surface area contributed by atoms with E-state index < -0.39 is 15.8 Å². The second kappa shape index (κ2) is 6.40. The van der Waals surface area contributed by atoms with Gasteiger partial charge in [-0.3, -0.25) is 4.98 Å². The molecule has 2 aromatic rings. The van der Waals surface area contributed by atoms with Crippen LogP contribution in [0.5, 0.6) is 0 Å². The highest BCUT2D eigenvalue weighted by molar-refractivity contribution is 7.89. The molecule has 0 aliphatic heterocycles. The highest BCUT2D eigenvalue weighted by atomic mass is 32.2. The Bertz CT molecular complexity index is 672. The summed E-state index contributed by atoms with van der Waals surface area (Å²) in [4.78, 5) is 4.27. The van der Waals surface area contributed by atoms with Crippen LogP contribution in [0.3, 0.4) is 0 Å². The van der Waals surface area contributed by atoms with Crippen molar-refractivity contribution in [2.45, 2.75) is 18.0 Å². The van der Waals surface area contributed by atoms with Gasteiger partial charge in [0.2, 0.25) is 10.0 Å². The van der Waals surface area contributed by atoms with Crippen molar-refractivity contribution < 1.29 is 12.8 Å². The zero-order chi connectivity index (χ0) is 14.6. The molecule has 0 aliphatic rings. The number of rotatable bonds is 6. The van der Waals surface area contributed by atoms with Crippen molar-refractivity contribution in [2.75, 3.05) is 7.05 Å². The molecule has 0 amide bonds. The predicted molar refractivity (Wildman–Crippen MR) is 75.3 cm³/mol. The number of benzene rings is 1. The molecular formula is C12H14FN3O2S2. The van der Waals surface area contributed by atoms with Crippen molar-refractivity contribution in [3.05, 3.63) is 46.2 Å². The fourth-order valence-corrected chi connectivity index (χ4v) is 3.34. The van der Waals surface area contributed by atoms with Crippen LogP contribution in [0.4, 0.5) is 4.39 Å². The molecular weight excluding hydrogens is 301 g/mol. The van der Waals surface area contributed by atoms with E-state index in [-0.39, 0.29) is 11.4 Å². The Morgan fingerprint density at radius 3 is 2.75 bits per heavy atom. The van der Waals surface area contributed by atoms with E-state index in [1.807, 2.05) is 0 Å². The Morgan fingerprint density at radius 1 is 1.35 bits per heavy atom. The number of nitrogens with one attached hydrogen (secondary N) is 2. The van der Waals surface area contributed by atoms with Crippen LogP contribution in [0.25, 0.3) is 0 Å². The largest absolute Gasteiger partial charge is 0.316 e. The first kappa shape index (κ1) is 15.0. The minimum Gasteiger partial charge on any atom is -0.316 e. The van der Waals surface area contributed by atoms with E-state index in [1.54, 1.807) is 24.8 Å². The van der Waals surface area contributed by atoms with Gasteiger partial charge in [0, 0.05) is 24.2 Å². The van der Waals surface area contributed by atoms with Gasteiger partial charge >= 0.3 is 0 Å². The summed E-state index contributed by atoms with van der Waals surface area (Å²) in [7, 11) is -2.13. The summed E-state index contributed by atoms with van der Waals surface area (Å²) in [5.41, 5.74) is 2.29. The first-order valence-corrected chi connectivity index (χ1v) is 8.19. The molecule has 1 aromatic heterocycles. The lowest BCUT2D eigenvalue weighted by Crippen LogP contribution is -2.24. The minimum absolute atomic E-state index is 0.102. The Labute approximate surface area is 120 Å². The lowest BCUT2D eigenvalue weighted by Gasteiger charge is -2.08. The second-order valence-corrected chi connectivity index (χ2v) is 6.79. The Balaban J connectivity index is 2.16. The van der Waals surface area contributed by atoms with Crippen molar-refractivity contribution in [1.82, 2.24) is 15.0 Å². The summed E-state index contributed by atoms with van der Waals surface area (Å²) < 4.78 is 40.3. The smallest absolute Gasteiger partial charge is 0.243 e. The number of sulfonamides is 1. The lowest BCUT2D eigenvalue weighted by molar-refractivity contribution is 0.555. The summed E-state index contributed by atoms with van der Waals surface area (Å²) in [5, 5.41) is 2.88. The van der Waals surface area contributed by atoms with Gasteiger partial charge in [0.15, 0.2) is 0 Å². The van der Waals surface area contributed by atoms with Crippen molar-refractivity contribution in [3.63, 3.8) is 0 Å². The van der Waals surface area contributed by atoms with E-state index in [2.05, 4.69) is 15.0 Å². The number of halogens is 1. The molecule has 108 valence electrons. The highest BCUT2D eigenvalue weighted by Gasteiger charge is 2.19. The van der Waals surface area contributed by atoms with Gasteiger partial charge in [-0.15, -0.1) is 11.3 Å². The van der Waals surface area contributed by atoms with Gasteiger partial charge in [-0.25, -0.2) is 17.5 Å². The Hall–Kier alpha value is -1.35. The molecule has 20 heavy (non-hydrogen) atoms. The molecule has 0 radical (unpaired) electrons. The fourth-order valence-electron chi connectivity index (χ4n) is 1.65. The lowest BCUT2D eigenvalue weighted by atomic mass is 10.2. The van der Waals surface area contributed by atoms with Crippen LogP contribution in [0.1, 0.15) is 10.4 Å². The second-order valence-electron chi connectivity index (χ2n) is 4.09. The van der Waals surface area contributed by atoms with Gasteiger partial charge in [0.05, 0.1) is 5.51 Å². The van der Waals surface area contributed by atoms with Gasteiger partial charge in [0.25, 0.3) is 0 Å². The van der Waals surface area contributed by atoms with Crippen LogP contribution < -0.4 is 10.0 Å². The summed E-state index contributed by atoms with van der Waals surface area (Å²) in [6.45, 7) is 0.580. The molecule has 1 aromatic carbocycles. The van der Waals surface area contributed by atoms with E-state index in [4.69, 9.17) is 0 Å². The first-order valence-electron chi connectivity index (χ1n) is 5.83. The number of aromatic nitrogens is 1. The molecule has 0 fully saturated rings. The molecule has 2 rings (SSSR count). The summed E-state index contributed by atoms with van der Waals surface area (Å²) in [6, 6.07) is 4.08. The van der Waals surface area contributed by atoms with E-state index in [0.29, 0.717) is 12.1 Å². The maximum atomic E-state index is 13.9. The van der Waals surface area contributed by atoms with E-state index in [0.717, 1.165) is 4.88 Å². The molecule has 0 atom stereocenters. The van der Waals surface area contributed by atoms with Crippen molar-refractivity contribution in [2.24, 2.45) is 0 Å². The third-order valence-corrected chi connectivity index (χ3v) is 4.80. The highest BCUT2D eigenvalue weighted by Crippen LogP contribution is 2.17. The molecule has 0 spiro atoms. The third-order valence-electron chi connectivity index (χ3n) is 2.59. The molecule has 5 nitrogen and oxygen atoms in total. The van der Waals surface area contributed by atoms with E-state index in [9.17, 15) is 12.8 Å². The summed E-state index contributed by atoms with van der Waals surface area (Å²) >= 11 is 1.33. The topological polar surface area (TPSA) is 71.1 Å². The van der Waals surface area contributed by atoms with Gasteiger partial charge in [0.1, 0.15) is 10.7 Å². The van der Waals surface area contributed by atoms with Crippen LogP contribution in [-0.4, -0.2) is 20.4 Å². The third kappa shape index (κ3) is 3.60. The molecule has 8 heteroatoms. The minimum atomic E-state index is -3.87. The normalized spacial score (nSPS) is 11.7. The first-order chi connectivity index (χ1) is 9.53. The van der Waals surface area contributed by atoms with E-state index in [1.165, 1.54) is 23.5 Å². The van der Waals surface area contributed by atoms with Crippen molar-refractivity contribution in [3.8, 4) is 0 Å². The van der Waals surface area contributed by atoms with Crippen LogP contribution >= 0.6 is 11.3 Å². The molecule has 0 bridgehead atoms. The van der Waals surface area contributed by atoms with Crippen LogP contribution in [-0.2, 0) is 23.1 Å². The Morgan fingerprint density at radius 2 is 2.15 bits per heavy atom. The predicted octanol–water partition coefficient (Wildman–Crippen LogP) is 1.48. The number of hydrogen-bond acceptors (Lipinski definition) is 5. The van der Waals surface area contributed by atoms with Gasteiger partial charge in [-0.1, -0.05) is 6.07 Å². The molecule has 1 heterocycles. The zero-order valence-corrected chi connectivity index (χ0v) is 12.4. The van der Waals surface area contributed by atoms with Crippen molar-refractivity contribution >= 4 is 21.4 Å². The monoisotopic (exact) mass is 315 g/mol. The number of hydrogen-bond donors (Lipinski definition) is 2. The summed E-state index contributed by atoms with van der Waals surface area (Å²) in [5.74, 6) is -0.755. The SMILES string of the molecule is CNCc1ccc(S(=O)(=O)NCc2cncs2)c(F)c1. The molecule has 0 aliphatic carbocycles. The molecule has 0 saturated heterocycles. The van der Waals surface area contributed by atoms with Gasteiger partial charge in [-0.2, -0.15) is 0 Å². The maximum Gasteiger partial charge on any atom is 0.243 e. The van der Waals surface area contributed by atoms with E-state index >= 15 is 0 Å². The van der Waals surface area contributed by atoms with Crippen molar-refractivity contribution in [1.29, 1.82) is 0 Å². The van der Waals surface area contributed by atoms with Crippen LogP contribution in [0, 0.1) is 5.82 Å². The summed E-state index contributed by atoms with van der Waals surface area (Å²) in [6.07, 6.45) is 1.57. The Kier molecular flexibility index (Phi) is 4.81. The standard InChI is InChI=1S/C12H14FN3O2S2/c1-14-5-9-2-3-12(11(13)4-9)20(17,18)16-7-10-6-15-8-19-10/h2-4,6,8,14,16H,5,7H2,1H3. The fraction of sp³-hybridized carbons (Fsp3) is 0.250. The van der Waals surface area contributed by atoms with Gasteiger partial charge < -0.3 is 5.32 Å². The zero-order valence-electron chi connectivity index (χ0n) is 10.8. The molecule has 0 unspecified atom stereocenters. The number of nitrogens with zero attached hydrogens (tertiary/aromatic N) is 1. The molecule has 0 saturated carbocycles. The number of thiazole rings is 1. The quantitative estimate of drug-likeness (QED) is 0.847. The average molecular weight is 315 g/mol.